The molecule has 0 bridgehead atoms. The van der Waals surface area contributed by atoms with Crippen LogP contribution in [0.2, 0.25) is 0 Å². The predicted molar refractivity (Wildman–Crippen MR) is 97.0 cm³/mol. The number of ether oxygens (including phenoxy) is 1. The molecule has 2 rings (SSSR count). The lowest BCUT2D eigenvalue weighted by Crippen LogP contribution is -2.37. The number of carbonyl (C=O) groups is 1. The highest BCUT2D eigenvalue weighted by molar-refractivity contribution is 7.89. The summed E-state index contributed by atoms with van der Waals surface area (Å²) in [6.45, 7) is 7.12. The first-order chi connectivity index (χ1) is 11.8. The maximum atomic E-state index is 12.6. The van der Waals surface area contributed by atoms with E-state index in [1.165, 1.54) is 12.1 Å². The highest BCUT2D eigenvalue weighted by atomic mass is 32.2. The lowest BCUT2D eigenvalue weighted by Gasteiger charge is -2.29. The summed E-state index contributed by atoms with van der Waals surface area (Å²) in [4.78, 5) is 12.0. The second-order valence-electron chi connectivity index (χ2n) is 6.72. The van der Waals surface area contributed by atoms with E-state index >= 15 is 0 Å². The van der Waals surface area contributed by atoms with E-state index < -0.39 is 10.0 Å². The van der Waals surface area contributed by atoms with Crippen molar-refractivity contribution in [2.75, 3.05) is 19.7 Å². The van der Waals surface area contributed by atoms with Gasteiger partial charge in [0.1, 0.15) is 5.75 Å². The maximum Gasteiger partial charge on any atom is 0.258 e. The number of carbonyl (C=O) groups excluding carboxylic acids is 1. The van der Waals surface area contributed by atoms with Gasteiger partial charge in [-0.2, -0.15) is 4.31 Å². The first kappa shape index (κ1) is 19.7. The van der Waals surface area contributed by atoms with Gasteiger partial charge in [-0.25, -0.2) is 8.42 Å². The van der Waals surface area contributed by atoms with E-state index in [-0.39, 0.29) is 23.5 Å². The molecule has 7 heteroatoms. The summed E-state index contributed by atoms with van der Waals surface area (Å²) < 4.78 is 32.3. The Kier molecular flexibility index (Phi) is 6.84. The average Bonchev–Trinajstić information content (AvgIpc) is 2.60. The van der Waals surface area contributed by atoms with Gasteiger partial charge < -0.3 is 10.1 Å². The maximum absolute atomic E-state index is 12.6. The Hall–Kier alpha value is -1.60. The van der Waals surface area contributed by atoms with Crippen LogP contribution in [0.15, 0.2) is 29.2 Å². The number of amides is 1. The number of hydrogen-bond donors (Lipinski definition) is 1. The molecule has 0 aromatic heterocycles. The Morgan fingerprint density at radius 2 is 1.88 bits per heavy atom. The number of rotatable bonds is 7. The van der Waals surface area contributed by atoms with Gasteiger partial charge >= 0.3 is 0 Å². The first-order valence-corrected chi connectivity index (χ1v) is 10.3. The summed E-state index contributed by atoms with van der Waals surface area (Å²) in [5, 5.41) is 2.82. The molecule has 1 atom stereocenters. The van der Waals surface area contributed by atoms with Gasteiger partial charge in [0.25, 0.3) is 5.91 Å². The van der Waals surface area contributed by atoms with Crippen LogP contribution in [0, 0.1) is 5.92 Å². The van der Waals surface area contributed by atoms with Crippen LogP contribution in [0.1, 0.15) is 40.0 Å². The monoisotopic (exact) mass is 368 g/mol. The largest absolute Gasteiger partial charge is 0.484 e. The van der Waals surface area contributed by atoms with E-state index in [2.05, 4.69) is 12.2 Å². The molecule has 1 aliphatic heterocycles. The van der Waals surface area contributed by atoms with Crippen molar-refractivity contribution < 1.29 is 17.9 Å². The highest BCUT2D eigenvalue weighted by Crippen LogP contribution is 2.24. The molecule has 1 aromatic carbocycles. The van der Waals surface area contributed by atoms with Crippen LogP contribution < -0.4 is 10.1 Å². The molecular weight excluding hydrogens is 340 g/mol. The lowest BCUT2D eigenvalue weighted by molar-refractivity contribution is -0.123. The fourth-order valence-electron chi connectivity index (χ4n) is 2.65. The van der Waals surface area contributed by atoms with Crippen molar-refractivity contribution in [3.63, 3.8) is 0 Å². The molecule has 6 nitrogen and oxygen atoms in total. The normalized spacial score (nSPS) is 17.9. The number of hydrogen-bond acceptors (Lipinski definition) is 4. The van der Waals surface area contributed by atoms with Crippen molar-refractivity contribution in [3.05, 3.63) is 24.3 Å². The van der Waals surface area contributed by atoms with Crippen LogP contribution in [0.5, 0.6) is 5.75 Å². The summed E-state index contributed by atoms with van der Waals surface area (Å²) in [7, 11) is -3.45. The van der Waals surface area contributed by atoms with Crippen molar-refractivity contribution in [1.82, 2.24) is 9.62 Å². The average molecular weight is 368 g/mol. The number of nitrogens with zero attached hydrogens (tertiary/aromatic N) is 1. The Balaban J connectivity index is 1.94. The minimum atomic E-state index is -3.45. The van der Waals surface area contributed by atoms with Gasteiger partial charge in [-0.05, 0) is 56.4 Å². The standard InChI is InChI=1S/C18H28N2O4S/c1-4-15(3)19-18(21)13-24-16-5-7-17(8-6-16)25(22,23)20-11-9-14(2)10-12-20/h5-8,14-15H,4,9-13H2,1-3H3,(H,19,21)/t15-/m1/s1. The van der Waals surface area contributed by atoms with Crippen LogP contribution in [0.25, 0.3) is 0 Å². The number of piperidine rings is 1. The van der Waals surface area contributed by atoms with Gasteiger partial charge in [0.05, 0.1) is 4.90 Å². The third-order valence-electron chi connectivity index (χ3n) is 4.59. The second-order valence-corrected chi connectivity index (χ2v) is 8.66. The number of sulfonamides is 1. The summed E-state index contributed by atoms with van der Waals surface area (Å²) in [6.07, 6.45) is 2.64. The lowest BCUT2D eigenvalue weighted by atomic mass is 10.0. The minimum Gasteiger partial charge on any atom is -0.484 e. The SMILES string of the molecule is CC[C@@H](C)NC(=O)COc1ccc(S(=O)(=O)N2CCC(C)CC2)cc1. The zero-order chi connectivity index (χ0) is 18.4. The Labute approximate surface area is 150 Å². The molecule has 0 aliphatic carbocycles. The molecule has 1 aliphatic rings. The molecule has 0 saturated carbocycles. The van der Waals surface area contributed by atoms with Crippen molar-refractivity contribution in [3.8, 4) is 5.75 Å². The molecule has 0 spiro atoms. The topological polar surface area (TPSA) is 75.7 Å². The fourth-order valence-corrected chi connectivity index (χ4v) is 4.12. The molecule has 1 N–H and O–H groups in total. The van der Waals surface area contributed by atoms with E-state index in [4.69, 9.17) is 4.74 Å². The first-order valence-electron chi connectivity index (χ1n) is 8.85. The molecule has 1 aromatic rings. The molecule has 1 heterocycles. The molecule has 0 unspecified atom stereocenters. The van der Waals surface area contributed by atoms with Gasteiger partial charge in [0.15, 0.2) is 6.61 Å². The van der Waals surface area contributed by atoms with Crippen molar-refractivity contribution in [1.29, 1.82) is 0 Å². The number of nitrogens with one attached hydrogen (secondary N) is 1. The van der Waals surface area contributed by atoms with Gasteiger partial charge in [-0.3, -0.25) is 4.79 Å². The van der Waals surface area contributed by atoms with Gasteiger partial charge in [-0.1, -0.05) is 13.8 Å². The quantitative estimate of drug-likeness (QED) is 0.802. The Morgan fingerprint density at radius 1 is 1.28 bits per heavy atom. The fraction of sp³-hybridized carbons (Fsp3) is 0.611. The van der Waals surface area contributed by atoms with Crippen LogP contribution >= 0.6 is 0 Å². The summed E-state index contributed by atoms with van der Waals surface area (Å²) in [5.74, 6) is 0.864. The Bertz CT molecular complexity index is 665. The summed E-state index contributed by atoms with van der Waals surface area (Å²) in [5.41, 5.74) is 0. The highest BCUT2D eigenvalue weighted by Gasteiger charge is 2.27. The van der Waals surface area contributed by atoms with Crippen LogP contribution in [-0.4, -0.2) is 44.4 Å². The zero-order valence-electron chi connectivity index (χ0n) is 15.2. The van der Waals surface area contributed by atoms with Crippen LogP contribution in [0.4, 0.5) is 0 Å². The van der Waals surface area contributed by atoms with Crippen LogP contribution in [-0.2, 0) is 14.8 Å². The molecule has 0 radical (unpaired) electrons. The molecule has 25 heavy (non-hydrogen) atoms. The molecular formula is C18H28N2O4S. The third-order valence-corrected chi connectivity index (χ3v) is 6.51. The minimum absolute atomic E-state index is 0.0829. The van der Waals surface area contributed by atoms with E-state index in [1.54, 1.807) is 16.4 Å². The zero-order valence-corrected chi connectivity index (χ0v) is 16.0. The van der Waals surface area contributed by atoms with E-state index in [0.717, 1.165) is 19.3 Å². The van der Waals surface area contributed by atoms with Crippen molar-refractivity contribution in [2.24, 2.45) is 5.92 Å². The van der Waals surface area contributed by atoms with Crippen molar-refractivity contribution in [2.45, 2.75) is 51.0 Å². The van der Waals surface area contributed by atoms with E-state index in [9.17, 15) is 13.2 Å². The van der Waals surface area contributed by atoms with Gasteiger partial charge in [-0.15, -0.1) is 0 Å². The molecule has 140 valence electrons. The predicted octanol–water partition coefficient (Wildman–Crippen LogP) is 2.40. The smallest absolute Gasteiger partial charge is 0.258 e. The summed E-state index contributed by atoms with van der Waals surface area (Å²) in [6, 6.07) is 6.37. The van der Waals surface area contributed by atoms with E-state index in [0.29, 0.717) is 24.8 Å². The molecule has 1 amide bonds. The van der Waals surface area contributed by atoms with E-state index in [1.807, 2.05) is 13.8 Å². The van der Waals surface area contributed by atoms with Crippen molar-refractivity contribution >= 4 is 15.9 Å². The van der Waals surface area contributed by atoms with Gasteiger partial charge in [0.2, 0.25) is 10.0 Å². The Morgan fingerprint density at radius 3 is 2.44 bits per heavy atom. The second kappa shape index (κ2) is 8.67. The summed E-state index contributed by atoms with van der Waals surface area (Å²) >= 11 is 0. The number of benzene rings is 1. The van der Waals surface area contributed by atoms with Gasteiger partial charge in [0, 0.05) is 19.1 Å². The third kappa shape index (κ3) is 5.44. The molecule has 1 fully saturated rings. The van der Waals surface area contributed by atoms with Crippen LogP contribution in [0.3, 0.4) is 0 Å². The molecule has 1 saturated heterocycles.